The van der Waals surface area contributed by atoms with E-state index in [4.69, 9.17) is 0 Å². The van der Waals surface area contributed by atoms with Crippen LogP contribution in [0.25, 0.3) is 6.08 Å². The van der Waals surface area contributed by atoms with E-state index in [1.807, 2.05) is 12.3 Å². The molecule has 0 saturated heterocycles. The molecule has 0 saturated carbocycles. The number of fused-ring (bicyclic) bond motifs is 5. The summed E-state index contributed by atoms with van der Waals surface area (Å²) in [6.07, 6.45) is 4.26. The fourth-order valence-corrected chi connectivity index (χ4v) is 2.80. The zero-order chi connectivity index (χ0) is 11.2. The van der Waals surface area contributed by atoms with E-state index >= 15 is 0 Å². The van der Waals surface area contributed by atoms with Gasteiger partial charge in [0.2, 0.25) is 0 Å². The second kappa shape index (κ2) is 3.17. The van der Waals surface area contributed by atoms with Crippen molar-refractivity contribution in [3.8, 4) is 0 Å². The van der Waals surface area contributed by atoms with Gasteiger partial charge in [0.15, 0.2) is 0 Å². The number of hydrogen-bond acceptors (Lipinski definition) is 1. The van der Waals surface area contributed by atoms with Gasteiger partial charge < -0.3 is 0 Å². The summed E-state index contributed by atoms with van der Waals surface area (Å²) >= 11 is 0. The summed E-state index contributed by atoms with van der Waals surface area (Å²) in [7, 11) is 0. The summed E-state index contributed by atoms with van der Waals surface area (Å²) in [6, 6.07) is 17.0. The van der Waals surface area contributed by atoms with Gasteiger partial charge in [0.05, 0.1) is 5.69 Å². The Labute approximate surface area is 100 Å². The molecule has 0 bridgehead atoms. The Morgan fingerprint density at radius 3 is 2.53 bits per heavy atom. The molecule has 1 nitrogen and oxygen atoms in total. The fraction of sp³-hybridized carbons (Fsp3) is 0.0625. The average molecular weight is 217 g/mol. The first-order valence-corrected chi connectivity index (χ1v) is 5.87. The van der Waals surface area contributed by atoms with Crippen molar-refractivity contribution in [3.63, 3.8) is 0 Å². The van der Waals surface area contributed by atoms with E-state index < -0.39 is 0 Å². The van der Waals surface area contributed by atoms with Crippen molar-refractivity contribution in [1.82, 2.24) is 0 Å². The Kier molecular flexibility index (Phi) is 1.67. The van der Waals surface area contributed by atoms with Crippen LogP contribution in [-0.2, 0) is 0 Å². The Morgan fingerprint density at radius 1 is 0.824 bits per heavy atom. The fourth-order valence-electron chi connectivity index (χ4n) is 2.80. The van der Waals surface area contributed by atoms with Crippen LogP contribution >= 0.6 is 0 Å². The Morgan fingerprint density at radius 2 is 1.59 bits per heavy atom. The van der Waals surface area contributed by atoms with E-state index in [1.54, 1.807) is 0 Å². The van der Waals surface area contributed by atoms with E-state index in [-0.39, 0.29) is 0 Å². The molecule has 2 aromatic carbocycles. The Hall–Kier alpha value is -2.15. The third-order valence-corrected chi connectivity index (χ3v) is 3.56. The highest BCUT2D eigenvalue weighted by Crippen LogP contribution is 2.45. The summed E-state index contributed by atoms with van der Waals surface area (Å²) in [5.41, 5.74) is 6.47. The van der Waals surface area contributed by atoms with Gasteiger partial charge in [-0.1, -0.05) is 42.5 Å². The molecule has 1 heteroatoms. The minimum atomic E-state index is 0.389. The first kappa shape index (κ1) is 8.94. The maximum atomic E-state index is 4.53. The van der Waals surface area contributed by atoms with Crippen molar-refractivity contribution >= 4 is 18.0 Å². The molecule has 1 aliphatic heterocycles. The number of aliphatic imine (C=N–C) groups is 1. The lowest BCUT2D eigenvalue weighted by molar-refractivity contribution is 1.01. The number of hydrogen-bond donors (Lipinski definition) is 0. The summed E-state index contributed by atoms with van der Waals surface area (Å²) < 4.78 is 0. The summed E-state index contributed by atoms with van der Waals surface area (Å²) in [6.45, 7) is 0. The normalized spacial score (nSPS) is 19.3. The molecule has 80 valence electrons. The summed E-state index contributed by atoms with van der Waals surface area (Å²) in [4.78, 5) is 4.53. The SMILES string of the molecule is C1=Nc2ccccc2C2C1=Cc1ccccc12. The Balaban J connectivity index is 2.01. The predicted molar refractivity (Wildman–Crippen MR) is 70.9 cm³/mol. The number of nitrogens with zero attached hydrogens (tertiary/aromatic N) is 1. The van der Waals surface area contributed by atoms with Crippen molar-refractivity contribution in [1.29, 1.82) is 0 Å². The highest BCUT2D eigenvalue weighted by Gasteiger charge is 2.29. The van der Waals surface area contributed by atoms with Crippen LogP contribution in [0.2, 0.25) is 0 Å². The minimum Gasteiger partial charge on any atom is -0.256 e. The van der Waals surface area contributed by atoms with E-state index in [0.29, 0.717) is 5.92 Å². The lowest BCUT2D eigenvalue weighted by Crippen LogP contribution is -2.06. The third kappa shape index (κ3) is 1.17. The Bertz CT molecular complexity index is 659. The van der Waals surface area contributed by atoms with E-state index in [1.165, 1.54) is 22.3 Å². The molecule has 1 heterocycles. The highest BCUT2D eigenvalue weighted by atomic mass is 14.7. The molecule has 0 radical (unpaired) electrons. The minimum absolute atomic E-state index is 0.389. The molecular formula is C16H11N. The van der Waals surface area contributed by atoms with Crippen LogP contribution in [0, 0.1) is 0 Å². The molecule has 0 amide bonds. The van der Waals surface area contributed by atoms with Gasteiger partial charge in [-0.05, 0) is 34.4 Å². The molecule has 0 N–H and O–H groups in total. The molecule has 2 aliphatic rings. The van der Waals surface area contributed by atoms with Gasteiger partial charge >= 0.3 is 0 Å². The molecule has 0 spiro atoms. The molecular weight excluding hydrogens is 206 g/mol. The smallest absolute Gasteiger partial charge is 0.0671 e. The number of benzene rings is 2. The molecule has 2 aromatic rings. The lowest BCUT2D eigenvalue weighted by atomic mass is 9.86. The van der Waals surface area contributed by atoms with Gasteiger partial charge in [-0.2, -0.15) is 0 Å². The zero-order valence-corrected chi connectivity index (χ0v) is 9.30. The molecule has 17 heavy (non-hydrogen) atoms. The third-order valence-electron chi connectivity index (χ3n) is 3.56. The predicted octanol–water partition coefficient (Wildman–Crippen LogP) is 3.93. The lowest BCUT2D eigenvalue weighted by Gasteiger charge is -2.20. The number of rotatable bonds is 0. The molecule has 0 aromatic heterocycles. The van der Waals surface area contributed by atoms with E-state index in [9.17, 15) is 0 Å². The molecule has 0 fully saturated rings. The largest absolute Gasteiger partial charge is 0.256 e. The topological polar surface area (TPSA) is 12.4 Å². The maximum Gasteiger partial charge on any atom is 0.0671 e. The monoisotopic (exact) mass is 217 g/mol. The van der Waals surface area contributed by atoms with E-state index in [0.717, 1.165) is 5.69 Å². The van der Waals surface area contributed by atoms with Crippen molar-refractivity contribution in [2.75, 3.05) is 0 Å². The van der Waals surface area contributed by atoms with Crippen molar-refractivity contribution < 1.29 is 0 Å². The van der Waals surface area contributed by atoms with Crippen LogP contribution in [0.5, 0.6) is 0 Å². The standard InChI is InChI=1S/C16H11N/c1-2-6-13-11(5-1)9-12-10-17-15-8-4-3-7-14(15)16(12)13/h1-10,16H. The number of allylic oxidation sites excluding steroid dienone is 1. The van der Waals surface area contributed by atoms with Crippen LogP contribution in [-0.4, -0.2) is 6.21 Å². The van der Waals surface area contributed by atoms with Crippen molar-refractivity contribution in [2.24, 2.45) is 4.99 Å². The second-order valence-corrected chi connectivity index (χ2v) is 4.52. The quantitative estimate of drug-likeness (QED) is 0.634. The highest BCUT2D eigenvalue weighted by molar-refractivity contribution is 5.97. The summed E-state index contributed by atoms with van der Waals surface area (Å²) in [5, 5.41) is 0. The van der Waals surface area contributed by atoms with Gasteiger partial charge in [0.25, 0.3) is 0 Å². The van der Waals surface area contributed by atoms with Gasteiger partial charge in [-0.25, -0.2) is 0 Å². The van der Waals surface area contributed by atoms with Gasteiger partial charge in [0.1, 0.15) is 0 Å². The van der Waals surface area contributed by atoms with Crippen LogP contribution in [0.3, 0.4) is 0 Å². The molecule has 1 aliphatic carbocycles. The molecule has 4 rings (SSSR count). The number of para-hydroxylation sites is 1. The second-order valence-electron chi connectivity index (χ2n) is 4.52. The maximum absolute atomic E-state index is 4.53. The average Bonchev–Trinajstić information content (AvgIpc) is 2.77. The van der Waals surface area contributed by atoms with Crippen molar-refractivity contribution in [3.05, 3.63) is 70.8 Å². The van der Waals surface area contributed by atoms with Gasteiger partial charge in [-0.15, -0.1) is 0 Å². The van der Waals surface area contributed by atoms with Crippen LogP contribution in [0.4, 0.5) is 5.69 Å². The van der Waals surface area contributed by atoms with Crippen LogP contribution in [0.1, 0.15) is 22.6 Å². The van der Waals surface area contributed by atoms with Crippen molar-refractivity contribution in [2.45, 2.75) is 5.92 Å². The van der Waals surface area contributed by atoms with Crippen LogP contribution < -0.4 is 0 Å². The molecule has 1 unspecified atom stereocenters. The van der Waals surface area contributed by atoms with Gasteiger partial charge in [-0.3, -0.25) is 4.99 Å². The first-order chi connectivity index (χ1) is 8.43. The van der Waals surface area contributed by atoms with Gasteiger partial charge in [0, 0.05) is 12.1 Å². The molecule has 1 atom stereocenters. The zero-order valence-electron chi connectivity index (χ0n) is 9.30. The van der Waals surface area contributed by atoms with Crippen LogP contribution in [0.15, 0.2) is 59.1 Å². The first-order valence-electron chi connectivity index (χ1n) is 5.87. The summed E-state index contributed by atoms with van der Waals surface area (Å²) in [5.74, 6) is 0.389. The van der Waals surface area contributed by atoms with E-state index in [2.05, 4.69) is 53.5 Å².